The summed E-state index contributed by atoms with van der Waals surface area (Å²) in [5.41, 5.74) is 14.6. The van der Waals surface area contributed by atoms with Gasteiger partial charge < -0.3 is 32.2 Å². The van der Waals surface area contributed by atoms with Gasteiger partial charge in [-0.15, -0.1) is 11.3 Å². The van der Waals surface area contributed by atoms with Gasteiger partial charge >= 0.3 is 0 Å². The van der Waals surface area contributed by atoms with Crippen molar-refractivity contribution in [3.63, 3.8) is 0 Å². The number of nitrogens with two attached hydrogens (primary N) is 2. The van der Waals surface area contributed by atoms with Crippen molar-refractivity contribution < 1.29 is 14.7 Å². The molecule has 8 N–H and O–H groups in total. The number of aromatic nitrogens is 1. The molecule has 39 heavy (non-hydrogen) atoms. The Morgan fingerprint density at radius 3 is 2.44 bits per heavy atom. The molecule has 2 amide bonds. The number of benzene rings is 2. The SMILES string of the molecule is NCCCCc1ccc(CCNC(=O)[C@H](Cc2ccc(O)cc2)NC(=O)[C@@H](N)Cc2c[nH]c3ccccc23)s1. The summed E-state index contributed by atoms with van der Waals surface area (Å²) < 4.78 is 0. The fourth-order valence-electron chi connectivity index (χ4n) is 4.55. The van der Waals surface area contributed by atoms with E-state index in [9.17, 15) is 14.7 Å². The summed E-state index contributed by atoms with van der Waals surface area (Å²) in [5.74, 6) is -0.516. The summed E-state index contributed by atoms with van der Waals surface area (Å²) in [7, 11) is 0. The Labute approximate surface area is 232 Å². The number of rotatable bonds is 14. The van der Waals surface area contributed by atoms with E-state index >= 15 is 0 Å². The number of aryl methyl sites for hydroxylation is 1. The first kappa shape index (κ1) is 28.4. The number of aromatic amines is 1. The summed E-state index contributed by atoms with van der Waals surface area (Å²) in [5, 5.41) is 16.5. The Bertz CT molecular complexity index is 1360. The summed E-state index contributed by atoms with van der Waals surface area (Å²) in [4.78, 5) is 32.0. The zero-order valence-electron chi connectivity index (χ0n) is 22.0. The van der Waals surface area contributed by atoms with Crippen molar-refractivity contribution in [2.45, 2.75) is 50.6 Å². The molecular formula is C30H37N5O3S. The highest BCUT2D eigenvalue weighted by atomic mass is 32.1. The number of hydrogen-bond donors (Lipinski definition) is 6. The van der Waals surface area contributed by atoms with Gasteiger partial charge in [0, 0.05) is 39.8 Å². The molecule has 4 rings (SSSR count). The van der Waals surface area contributed by atoms with E-state index in [4.69, 9.17) is 11.5 Å². The number of hydrogen-bond acceptors (Lipinski definition) is 6. The third-order valence-electron chi connectivity index (χ3n) is 6.73. The number of phenols is 1. The van der Waals surface area contributed by atoms with Crippen LogP contribution in [0.4, 0.5) is 0 Å². The van der Waals surface area contributed by atoms with Crippen molar-refractivity contribution in [3.05, 3.63) is 87.7 Å². The molecule has 8 nitrogen and oxygen atoms in total. The molecule has 2 aromatic carbocycles. The molecule has 0 radical (unpaired) electrons. The fraction of sp³-hybridized carbons (Fsp3) is 0.333. The van der Waals surface area contributed by atoms with Crippen molar-refractivity contribution in [1.82, 2.24) is 15.6 Å². The summed E-state index contributed by atoms with van der Waals surface area (Å²) >= 11 is 1.76. The largest absolute Gasteiger partial charge is 0.508 e. The van der Waals surface area contributed by atoms with Crippen LogP contribution in [0.3, 0.4) is 0 Å². The smallest absolute Gasteiger partial charge is 0.242 e. The second-order valence-corrected chi connectivity index (χ2v) is 11.0. The number of H-pyrrole nitrogens is 1. The average Bonchev–Trinajstić information content (AvgIpc) is 3.56. The van der Waals surface area contributed by atoms with Gasteiger partial charge in [-0.2, -0.15) is 0 Å². The van der Waals surface area contributed by atoms with Crippen molar-refractivity contribution in [2.24, 2.45) is 11.5 Å². The number of thiophene rings is 1. The fourth-order valence-corrected chi connectivity index (χ4v) is 5.61. The van der Waals surface area contributed by atoms with E-state index in [1.807, 2.05) is 30.5 Å². The van der Waals surface area contributed by atoms with Crippen LogP contribution in [0.1, 0.15) is 33.7 Å². The average molecular weight is 548 g/mol. The van der Waals surface area contributed by atoms with Crippen LogP contribution in [-0.2, 0) is 35.3 Å². The minimum absolute atomic E-state index is 0.142. The normalized spacial score (nSPS) is 12.8. The lowest BCUT2D eigenvalue weighted by atomic mass is 10.0. The van der Waals surface area contributed by atoms with Gasteiger partial charge in [0.05, 0.1) is 6.04 Å². The Morgan fingerprint density at radius 1 is 0.923 bits per heavy atom. The Kier molecular flexibility index (Phi) is 10.1. The predicted octanol–water partition coefficient (Wildman–Crippen LogP) is 3.17. The number of amides is 2. The highest BCUT2D eigenvalue weighted by molar-refractivity contribution is 7.12. The van der Waals surface area contributed by atoms with Gasteiger partial charge in [0.25, 0.3) is 0 Å². The number of nitrogens with one attached hydrogen (secondary N) is 3. The molecule has 0 saturated carbocycles. The Balaban J connectivity index is 1.36. The third-order valence-corrected chi connectivity index (χ3v) is 7.93. The van der Waals surface area contributed by atoms with E-state index in [0.717, 1.165) is 41.3 Å². The minimum atomic E-state index is -0.817. The van der Waals surface area contributed by atoms with Gasteiger partial charge in [-0.25, -0.2) is 0 Å². The maximum absolute atomic E-state index is 13.2. The molecule has 0 aliphatic rings. The second-order valence-electron chi connectivity index (χ2n) is 9.76. The minimum Gasteiger partial charge on any atom is -0.508 e. The molecule has 0 bridgehead atoms. The predicted molar refractivity (Wildman–Crippen MR) is 157 cm³/mol. The van der Waals surface area contributed by atoms with Gasteiger partial charge in [0.1, 0.15) is 11.8 Å². The number of aromatic hydroxyl groups is 1. The Morgan fingerprint density at radius 2 is 1.67 bits per heavy atom. The highest BCUT2D eigenvalue weighted by Gasteiger charge is 2.25. The van der Waals surface area contributed by atoms with Crippen LogP contribution in [0.5, 0.6) is 5.75 Å². The van der Waals surface area contributed by atoms with Crippen LogP contribution >= 0.6 is 11.3 Å². The lowest BCUT2D eigenvalue weighted by Crippen LogP contribution is -2.53. The molecule has 0 saturated heterocycles. The zero-order chi connectivity index (χ0) is 27.6. The molecule has 0 spiro atoms. The summed E-state index contributed by atoms with van der Waals surface area (Å²) in [6.07, 6.45) is 6.32. The van der Waals surface area contributed by atoms with Crippen molar-refractivity contribution >= 4 is 34.1 Å². The molecule has 9 heteroatoms. The summed E-state index contributed by atoms with van der Waals surface area (Å²) in [6.45, 7) is 1.17. The van der Waals surface area contributed by atoms with Crippen LogP contribution in [0.2, 0.25) is 0 Å². The van der Waals surface area contributed by atoms with E-state index in [1.54, 1.807) is 35.6 Å². The molecule has 4 aromatic rings. The molecule has 0 unspecified atom stereocenters. The third kappa shape index (κ3) is 8.16. The van der Waals surface area contributed by atoms with Gasteiger partial charge in [-0.05, 0) is 80.1 Å². The quantitative estimate of drug-likeness (QED) is 0.134. The number of carbonyl (C=O) groups excluding carboxylic acids is 2. The number of unbranched alkanes of at least 4 members (excludes halogenated alkanes) is 1. The number of carbonyl (C=O) groups is 2. The van der Waals surface area contributed by atoms with Crippen molar-refractivity contribution in [2.75, 3.05) is 13.1 Å². The molecule has 206 valence electrons. The number of phenolic OH excluding ortho intramolecular Hbond substituents is 1. The van der Waals surface area contributed by atoms with Gasteiger partial charge in [-0.1, -0.05) is 30.3 Å². The highest BCUT2D eigenvalue weighted by Crippen LogP contribution is 2.20. The van der Waals surface area contributed by atoms with Crippen molar-refractivity contribution in [1.29, 1.82) is 0 Å². The first-order valence-electron chi connectivity index (χ1n) is 13.4. The van der Waals surface area contributed by atoms with Crippen LogP contribution in [0.15, 0.2) is 66.9 Å². The molecule has 0 aliphatic heterocycles. The monoisotopic (exact) mass is 547 g/mol. The first-order chi connectivity index (χ1) is 18.9. The van der Waals surface area contributed by atoms with Crippen LogP contribution < -0.4 is 22.1 Å². The van der Waals surface area contributed by atoms with Gasteiger partial charge in [0.15, 0.2) is 0 Å². The maximum Gasteiger partial charge on any atom is 0.242 e. The first-order valence-corrected chi connectivity index (χ1v) is 14.2. The molecule has 0 aliphatic carbocycles. The maximum atomic E-state index is 13.2. The molecule has 2 atom stereocenters. The van der Waals surface area contributed by atoms with Gasteiger partial charge in [-0.3, -0.25) is 9.59 Å². The van der Waals surface area contributed by atoms with Crippen LogP contribution in [0, 0.1) is 0 Å². The molecule has 2 heterocycles. The standard InChI is InChI=1S/C30H37N5O3S/c31-15-4-3-5-23-12-13-24(39-23)14-16-33-30(38)28(17-20-8-10-22(36)11-9-20)35-29(37)26(32)18-21-19-34-27-7-2-1-6-25(21)27/h1-2,6-13,19,26,28,34,36H,3-5,14-18,31-32H2,(H,33,38)(H,35,37)/t26-,28-/m0/s1. The van der Waals surface area contributed by atoms with E-state index in [2.05, 4.69) is 27.8 Å². The Hall–Kier alpha value is -3.66. The van der Waals surface area contributed by atoms with E-state index < -0.39 is 12.1 Å². The zero-order valence-corrected chi connectivity index (χ0v) is 22.8. The van der Waals surface area contributed by atoms with Gasteiger partial charge in [0.2, 0.25) is 11.8 Å². The number of fused-ring (bicyclic) bond motifs is 1. The molecule has 2 aromatic heterocycles. The van der Waals surface area contributed by atoms with Crippen molar-refractivity contribution in [3.8, 4) is 5.75 Å². The second kappa shape index (κ2) is 13.9. The summed E-state index contributed by atoms with van der Waals surface area (Å²) in [6, 6.07) is 17.1. The molecular weight excluding hydrogens is 510 g/mol. The van der Waals surface area contributed by atoms with E-state index in [1.165, 1.54) is 9.75 Å². The van der Waals surface area contributed by atoms with E-state index in [0.29, 0.717) is 25.9 Å². The number of para-hydroxylation sites is 1. The lowest BCUT2D eigenvalue weighted by molar-refractivity contribution is -0.129. The van der Waals surface area contributed by atoms with Crippen LogP contribution in [0.25, 0.3) is 10.9 Å². The lowest BCUT2D eigenvalue weighted by Gasteiger charge is -2.21. The molecule has 0 fully saturated rings. The van der Waals surface area contributed by atoms with Crippen LogP contribution in [-0.4, -0.2) is 47.1 Å². The van der Waals surface area contributed by atoms with E-state index in [-0.39, 0.29) is 24.0 Å². The topological polar surface area (TPSA) is 146 Å².